The molecule has 0 aliphatic carbocycles. The van der Waals surface area contributed by atoms with Crippen LogP contribution in [-0.4, -0.2) is 30.4 Å². The summed E-state index contributed by atoms with van der Waals surface area (Å²) in [5.74, 6) is -0.0398. The van der Waals surface area contributed by atoms with E-state index in [1.807, 2.05) is 24.3 Å². The molecule has 0 saturated heterocycles. The number of pyridine rings is 1. The molecule has 0 fully saturated rings. The molecule has 0 radical (unpaired) electrons. The Kier molecular flexibility index (Phi) is 3.72. The normalized spacial score (nSPS) is 11.5. The summed E-state index contributed by atoms with van der Waals surface area (Å²) in [7, 11) is -2.08. The summed E-state index contributed by atoms with van der Waals surface area (Å²) in [6, 6.07) is 9.29. The van der Waals surface area contributed by atoms with E-state index < -0.39 is 7.14 Å². The van der Waals surface area contributed by atoms with Crippen molar-refractivity contribution in [1.82, 2.24) is 4.98 Å². The van der Waals surface area contributed by atoms with E-state index in [0.29, 0.717) is 12.0 Å². The highest BCUT2D eigenvalue weighted by molar-refractivity contribution is 7.62. The SMILES string of the molecule is CC(=O)c1ccc2cc(NCP(C)(C)=O)ccc2n1. The van der Waals surface area contributed by atoms with Crippen LogP contribution in [0, 0.1) is 0 Å². The highest BCUT2D eigenvalue weighted by atomic mass is 31.2. The van der Waals surface area contributed by atoms with Crippen LogP contribution in [0.1, 0.15) is 17.4 Å². The second-order valence-corrected chi connectivity index (χ2v) is 8.53. The fourth-order valence-corrected chi connectivity index (χ4v) is 2.28. The molecule has 19 heavy (non-hydrogen) atoms. The minimum absolute atomic E-state index is 0.0398. The van der Waals surface area contributed by atoms with Crippen molar-refractivity contribution in [2.45, 2.75) is 6.92 Å². The molecule has 100 valence electrons. The molecule has 1 heterocycles. The first-order chi connectivity index (χ1) is 8.85. The van der Waals surface area contributed by atoms with E-state index in [-0.39, 0.29) is 5.78 Å². The number of carbonyl (C=O) groups excluding carboxylic acids is 1. The van der Waals surface area contributed by atoms with Gasteiger partial charge in [-0.2, -0.15) is 0 Å². The molecule has 0 amide bonds. The molecule has 0 unspecified atom stereocenters. The highest BCUT2D eigenvalue weighted by Gasteiger charge is 2.07. The third-order valence-corrected chi connectivity index (χ3v) is 3.63. The van der Waals surface area contributed by atoms with E-state index in [4.69, 9.17) is 0 Å². The maximum Gasteiger partial charge on any atom is 0.178 e. The van der Waals surface area contributed by atoms with E-state index in [9.17, 15) is 9.36 Å². The van der Waals surface area contributed by atoms with E-state index in [0.717, 1.165) is 16.6 Å². The number of fused-ring (bicyclic) bond motifs is 1. The van der Waals surface area contributed by atoms with Crippen molar-refractivity contribution >= 4 is 29.5 Å². The first-order valence-corrected chi connectivity index (χ1v) is 8.83. The molecule has 1 aromatic heterocycles. The first-order valence-electron chi connectivity index (χ1n) is 6.05. The Morgan fingerprint density at radius 1 is 1.26 bits per heavy atom. The summed E-state index contributed by atoms with van der Waals surface area (Å²) >= 11 is 0. The smallest absolute Gasteiger partial charge is 0.178 e. The number of hydrogen-bond donors (Lipinski definition) is 1. The van der Waals surface area contributed by atoms with Crippen molar-refractivity contribution in [3.05, 3.63) is 36.0 Å². The van der Waals surface area contributed by atoms with E-state index in [2.05, 4.69) is 10.3 Å². The fourth-order valence-electron chi connectivity index (χ4n) is 1.71. The topological polar surface area (TPSA) is 59.1 Å². The molecule has 2 aromatic rings. The lowest BCUT2D eigenvalue weighted by Crippen LogP contribution is -2.01. The number of nitrogens with zero attached hydrogens (tertiary/aromatic N) is 1. The number of carbonyl (C=O) groups is 1. The Bertz CT molecular complexity index is 676. The van der Waals surface area contributed by atoms with Crippen LogP contribution in [0.15, 0.2) is 30.3 Å². The number of ketones is 1. The summed E-state index contributed by atoms with van der Waals surface area (Å²) in [6.07, 6.45) is 0.470. The number of nitrogens with one attached hydrogen (secondary N) is 1. The molecule has 2 rings (SSSR count). The second kappa shape index (κ2) is 5.14. The molecular weight excluding hydrogens is 259 g/mol. The number of hydrogen-bond acceptors (Lipinski definition) is 4. The minimum Gasteiger partial charge on any atom is -0.378 e. The summed E-state index contributed by atoms with van der Waals surface area (Å²) in [5.41, 5.74) is 2.17. The van der Waals surface area contributed by atoms with Crippen molar-refractivity contribution in [1.29, 1.82) is 0 Å². The zero-order chi connectivity index (χ0) is 14.0. The second-order valence-electron chi connectivity index (χ2n) is 5.07. The largest absolute Gasteiger partial charge is 0.378 e. The van der Waals surface area contributed by atoms with Gasteiger partial charge in [0.05, 0.1) is 18.9 Å². The van der Waals surface area contributed by atoms with Gasteiger partial charge < -0.3 is 9.88 Å². The molecule has 0 saturated carbocycles. The van der Waals surface area contributed by atoms with Crippen LogP contribution in [0.4, 0.5) is 5.69 Å². The number of aromatic nitrogens is 1. The Morgan fingerprint density at radius 2 is 2.00 bits per heavy atom. The molecule has 0 aliphatic heterocycles. The predicted octanol–water partition coefficient (Wildman–Crippen LogP) is 3.43. The van der Waals surface area contributed by atoms with E-state index in [1.165, 1.54) is 6.92 Å². The van der Waals surface area contributed by atoms with Crippen LogP contribution in [-0.2, 0) is 4.57 Å². The van der Waals surface area contributed by atoms with E-state index >= 15 is 0 Å². The molecule has 4 nitrogen and oxygen atoms in total. The molecule has 0 atom stereocenters. The Labute approximate surface area is 112 Å². The lowest BCUT2D eigenvalue weighted by molar-refractivity contribution is 0.101. The van der Waals surface area contributed by atoms with Gasteiger partial charge in [-0.1, -0.05) is 6.07 Å². The lowest BCUT2D eigenvalue weighted by atomic mass is 10.1. The van der Waals surface area contributed by atoms with Gasteiger partial charge >= 0.3 is 0 Å². The van der Waals surface area contributed by atoms with Gasteiger partial charge in [0, 0.05) is 18.0 Å². The third kappa shape index (κ3) is 3.65. The van der Waals surface area contributed by atoms with Crippen LogP contribution in [0.25, 0.3) is 10.9 Å². The Hall–Kier alpha value is -1.67. The molecule has 0 aliphatic rings. The Balaban J connectivity index is 2.29. The van der Waals surface area contributed by atoms with Gasteiger partial charge in [-0.3, -0.25) is 4.79 Å². The summed E-state index contributed by atoms with van der Waals surface area (Å²) < 4.78 is 11.7. The molecule has 1 N–H and O–H groups in total. The number of benzene rings is 1. The average Bonchev–Trinajstić information content (AvgIpc) is 2.34. The maximum absolute atomic E-state index is 11.7. The van der Waals surface area contributed by atoms with Gasteiger partial charge in [0.25, 0.3) is 0 Å². The van der Waals surface area contributed by atoms with Gasteiger partial charge in [0.15, 0.2) is 5.78 Å². The van der Waals surface area contributed by atoms with Crippen LogP contribution < -0.4 is 5.32 Å². The standard InChI is InChI=1S/C14H17N2O2P/c1-10(17)13-6-4-11-8-12(5-7-14(11)16-13)15-9-19(2,3)18/h4-8,15H,9H2,1-3H3. The molecule has 5 heteroatoms. The van der Waals surface area contributed by atoms with Crippen LogP contribution in [0.2, 0.25) is 0 Å². The van der Waals surface area contributed by atoms with Crippen molar-refractivity contribution in [2.24, 2.45) is 0 Å². The van der Waals surface area contributed by atoms with Gasteiger partial charge in [0.2, 0.25) is 0 Å². The first kappa shape index (κ1) is 13.8. The van der Waals surface area contributed by atoms with E-state index in [1.54, 1.807) is 19.4 Å². The van der Waals surface area contributed by atoms with Gasteiger partial charge in [0.1, 0.15) is 5.69 Å². The van der Waals surface area contributed by atoms with Gasteiger partial charge in [-0.15, -0.1) is 0 Å². The van der Waals surface area contributed by atoms with Crippen LogP contribution >= 0.6 is 7.14 Å². The number of anilines is 1. The van der Waals surface area contributed by atoms with Gasteiger partial charge in [-0.05, 0) is 37.6 Å². The van der Waals surface area contributed by atoms with Crippen molar-refractivity contribution in [3.8, 4) is 0 Å². The average molecular weight is 276 g/mol. The van der Waals surface area contributed by atoms with Crippen molar-refractivity contribution < 1.29 is 9.36 Å². The van der Waals surface area contributed by atoms with Crippen molar-refractivity contribution in [2.75, 3.05) is 24.9 Å². The summed E-state index contributed by atoms with van der Waals surface area (Å²) in [4.78, 5) is 15.6. The molecular formula is C14H17N2O2P. The highest BCUT2D eigenvalue weighted by Crippen LogP contribution is 2.35. The lowest BCUT2D eigenvalue weighted by Gasteiger charge is -2.10. The third-order valence-electron chi connectivity index (χ3n) is 2.71. The van der Waals surface area contributed by atoms with Crippen LogP contribution in [0.5, 0.6) is 0 Å². The van der Waals surface area contributed by atoms with Gasteiger partial charge in [-0.25, -0.2) is 4.98 Å². The molecule has 0 bridgehead atoms. The quantitative estimate of drug-likeness (QED) is 0.686. The fraction of sp³-hybridized carbons (Fsp3) is 0.286. The van der Waals surface area contributed by atoms with Crippen molar-refractivity contribution in [3.63, 3.8) is 0 Å². The molecule has 1 aromatic carbocycles. The zero-order valence-electron chi connectivity index (χ0n) is 11.3. The number of Topliss-reactive ketones (excluding diaryl/α,β-unsaturated/α-hetero) is 1. The minimum atomic E-state index is -2.08. The maximum atomic E-state index is 11.7. The van der Waals surface area contributed by atoms with Crippen LogP contribution in [0.3, 0.4) is 0 Å². The predicted molar refractivity (Wildman–Crippen MR) is 79.7 cm³/mol. The molecule has 0 spiro atoms. The summed E-state index contributed by atoms with van der Waals surface area (Å²) in [5, 5.41) is 4.11. The number of rotatable bonds is 4. The zero-order valence-corrected chi connectivity index (χ0v) is 12.2. The monoisotopic (exact) mass is 276 g/mol. The Morgan fingerprint density at radius 3 is 2.63 bits per heavy atom. The summed E-state index contributed by atoms with van der Waals surface area (Å²) in [6.45, 7) is 5.01.